The van der Waals surface area contributed by atoms with Gasteiger partial charge < -0.3 is 5.32 Å². The Balaban J connectivity index is 1.77. The molecule has 0 spiro atoms. The fourth-order valence-electron chi connectivity index (χ4n) is 2.10. The van der Waals surface area contributed by atoms with Gasteiger partial charge in [-0.2, -0.15) is 0 Å². The molecule has 0 atom stereocenters. The van der Waals surface area contributed by atoms with E-state index >= 15 is 0 Å². The van der Waals surface area contributed by atoms with Crippen LogP contribution in [0.5, 0.6) is 0 Å². The van der Waals surface area contributed by atoms with Crippen LogP contribution < -0.4 is 5.32 Å². The van der Waals surface area contributed by atoms with Crippen LogP contribution in [0.1, 0.15) is 15.2 Å². The molecule has 0 fully saturated rings. The van der Waals surface area contributed by atoms with Crippen molar-refractivity contribution in [3.63, 3.8) is 0 Å². The third-order valence-corrected chi connectivity index (χ3v) is 6.10. The molecular formula is C18H13BrFNOS2. The average Bonchev–Trinajstić information content (AvgIpc) is 3.09. The number of carbonyl (C=O) groups is 1. The van der Waals surface area contributed by atoms with Gasteiger partial charge in [-0.25, -0.2) is 4.39 Å². The summed E-state index contributed by atoms with van der Waals surface area (Å²) >= 11 is 6.59. The van der Waals surface area contributed by atoms with Gasteiger partial charge in [0.05, 0.1) is 11.3 Å². The lowest BCUT2D eigenvalue weighted by Gasteiger charge is -2.11. The molecule has 3 aromatic rings. The fourth-order valence-corrected chi connectivity index (χ4v) is 4.38. The van der Waals surface area contributed by atoms with Crippen LogP contribution in [0.4, 0.5) is 10.1 Å². The quantitative estimate of drug-likeness (QED) is 0.497. The third kappa shape index (κ3) is 4.26. The van der Waals surface area contributed by atoms with Gasteiger partial charge in [-0.3, -0.25) is 4.79 Å². The normalized spacial score (nSPS) is 10.6. The number of thioether (sulfide) groups is 1. The maximum atomic E-state index is 13.2. The van der Waals surface area contributed by atoms with Crippen LogP contribution in [0.3, 0.4) is 0 Å². The summed E-state index contributed by atoms with van der Waals surface area (Å²) in [6.45, 7) is 0. The SMILES string of the molecule is O=C(Nc1ccc(F)cc1Br)c1ccccc1SCc1cccs1. The van der Waals surface area contributed by atoms with Crippen molar-refractivity contribution in [2.75, 3.05) is 5.32 Å². The molecule has 3 rings (SSSR count). The zero-order chi connectivity index (χ0) is 16.9. The van der Waals surface area contributed by atoms with E-state index in [1.807, 2.05) is 29.6 Å². The molecule has 1 aromatic heterocycles. The summed E-state index contributed by atoms with van der Waals surface area (Å²) in [6, 6.07) is 15.8. The lowest BCUT2D eigenvalue weighted by Crippen LogP contribution is -2.13. The molecule has 6 heteroatoms. The Morgan fingerprint density at radius 2 is 2.00 bits per heavy atom. The van der Waals surface area contributed by atoms with Crippen molar-refractivity contribution in [3.8, 4) is 0 Å². The van der Waals surface area contributed by atoms with Crippen LogP contribution >= 0.6 is 39.0 Å². The monoisotopic (exact) mass is 421 g/mol. The highest BCUT2D eigenvalue weighted by atomic mass is 79.9. The maximum Gasteiger partial charge on any atom is 0.256 e. The van der Waals surface area contributed by atoms with Gasteiger partial charge in [0.25, 0.3) is 5.91 Å². The zero-order valence-corrected chi connectivity index (χ0v) is 15.7. The van der Waals surface area contributed by atoms with Crippen molar-refractivity contribution in [1.29, 1.82) is 0 Å². The van der Waals surface area contributed by atoms with Crippen LogP contribution in [0.2, 0.25) is 0 Å². The first-order chi connectivity index (χ1) is 11.6. The number of hydrogen-bond acceptors (Lipinski definition) is 3. The molecule has 0 aliphatic carbocycles. The Labute approximate surface area is 156 Å². The Morgan fingerprint density at radius 1 is 1.17 bits per heavy atom. The van der Waals surface area contributed by atoms with Crippen LogP contribution in [0, 0.1) is 5.82 Å². The number of amides is 1. The molecular weight excluding hydrogens is 409 g/mol. The molecule has 24 heavy (non-hydrogen) atoms. The highest BCUT2D eigenvalue weighted by Gasteiger charge is 2.13. The molecule has 0 saturated heterocycles. The molecule has 1 amide bonds. The number of thiophene rings is 1. The molecule has 0 radical (unpaired) electrons. The maximum absolute atomic E-state index is 13.2. The minimum absolute atomic E-state index is 0.211. The molecule has 0 saturated carbocycles. The zero-order valence-electron chi connectivity index (χ0n) is 12.5. The minimum Gasteiger partial charge on any atom is -0.321 e. The number of carbonyl (C=O) groups excluding carboxylic acids is 1. The van der Waals surface area contributed by atoms with Crippen LogP contribution in [0.15, 0.2) is 69.3 Å². The van der Waals surface area contributed by atoms with Gasteiger partial charge in [0, 0.05) is 20.0 Å². The summed E-state index contributed by atoms with van der Waals surface area (Å²) in [5, 5.41) is 4.87. The van der Waals surface area contributed by atoms with E-state index in [2.05, 4.69) is 27.3 Å². The minimum atomic E-state index is -0.355. The van der Waals surface area contributed by atoms with Crippen molar-refractivity contribution < 1.29 is 9.18 Å². The first kappa shape index (κ1) is 17.2. The Morgan fingerprint density at radius 3 is 2.75 bits per heavy atom. The van der Waals surface area contributed by atoms with Gasteiger partial charge >= 0.3 is 0 Å². The van der Waals surface area contributed by atoms with Crippen LogP contribution in [0.25, 0.3) is 0 Å². The third-order valence-electron chi connectivity index (χ3n) is 3.26. The molecule has 2 aromatic carbocycles. The molecule has 0 bridgehead atoms. The summed E-state index contributed by atoms with van der Waals surface area (Å²) in [4.78, 5) is 14.8. The van der Waals surface area contributed by atoms with Gasteiger partial charge in [0.15, 0.2) is 0 Å². The van der Waals surface area contributed by atoms with Crippen molar-refractivity contribution in [3.05, 3.63) is 80.7 Å². The largest absolute Gasteiger partial charge is 0.321 e. The van der Waals surface area contributed by atoms with Gasteiger partial charge in [-0.15, -0.1) is 23.1 Å². The molecule has 0 aliphatic rings. The summed E-state index contributed by atoms with van der Waals surface area (Å²) < 4.78 is 13.7. The van der Waals surface area contributed by atoms with Crippen molar-refractivity contribution in [2.24, 2.45) is 0 Å². The molecule has 0 aliphatic heterocycles. The van der Waals surface area contributed by atoms with Crippen LogP contribution in [-0.2, 0) is 5.75 Å². The Bertz CT molecular complexity index is 852. The van der Waals surface area contributed by atoms with E-state index in [4.69, 9.17) is 0 Å². The first-order valence-corrected chi connectivity index (χ1v) is 9.80. The predicted octanol–water partition coefficient (Wildman–Crippen LogP) is 6.19. The molecule has 1 N–H and O–H groups in total. The summed E-state index contributed by atoms with van der Waals surface area (Å²) in [5.74, 6) is 0.255. The van der Waals surface area contributed by atoms with Crippen molar-refractivity contribution in [1.82, 2.24) is 0 Å². The summed E-state index contributed by atoms with van der Waals surface area (Å²) in [7, 11) is 0. The second-order valence-electron chi connectivity index (χ2n) is 4.94. The summed E-state index contributed by atoms with van der Waals surface area (Å²) in [5.41, 5.74) is 1.15. The van der Waals surface area contributed by atoms with Crippen molar-refractivity contribution >= 4 is 50.6 Å². The topological polar surface area (TPSA) is 29.1 Å². The lowest BCUT2D eigenvalue weighted by atomic mass is 10.2. The Hall–Kier alpha value is -1.63. The van der Waals surface area contributed by atoms with E-state index in [-0.39, 0.29) is 11.7 Å². The van der Waals surface area contributed by atoms with Gasteiger partial charge in [-0.1, -0.05) is 18.2 Å². The smallest absolute Gasteiger partial charge is 0.256 e. The van der Waals surface area contributed by atoms with E-state index in [0.29, 0.717) is 15.7 Å². The number of anilines is 1. The number of halogens is 2. The molecule has 2 nitrogen and oxygen atoms in total. The first-order valence-electron chi connectivity index (χ1n) is 7.14. The van der Waals surface area contributed by atoms with E-state index in [0.717, 1.165) is 10.6 Å². The number of benzene rings is 2. The highest BCUT2D eigenvalue weighted by Crippen LogP contribution is 2.29. The number of rotatable bonds is 5. The molecule has 122 valence electrons. The summed E-state index contributed by atoms with van der Waals surface area (Å²) in [6.07, 6.45) is 0. The second-order valence-corrected chi connectivity index (χ2v) is 7.85. The standard InChI is InChI=1S/C18H13BrFNOS2/c19-15-10-12(20)7-8-16(15)21-18(22)14-5-1-2-6-17(14)24-11-13-4-3-9-23-13/h1-10H,11H2,(H,21,22). The highest BCUT2D eigenvalue weighted by molar-refractivity contribution is 9.10. The van der Waals surface area contributed by atoms with Gasteiger partial charge in [0.1, 0.15) is 5.82 Å². The number of nitrogens with one attached hydrogen (secondary N) is 1. The van der Waals surface area contributed by atoms with E-state index in [1.165, 1.54) is 17.0 Å². The average molecular weight is 422 g/mol. The Kier molecular flexibility index (Phi) is 5.71. The van der Waals surface area contributed by atoms with Crippen molar-refractivity contribution in [2.45, 2.75) is 10.6 Å². The fraction of sp³-hybridized carbons (Fsp3) is 0.0556. The van der Waals surface area contributed by atoms with Crippen LogP contribution in [-0.4, -0.2) is 5.91 Å². The number of hydrogen-bond donors (Lipinski definition) is 1. The van der Waals surface area contributed by atoms with E-state index in [9.17, 15) is 9.18 Å². The van der Waals surface area contributed by atoms with E-state index < -0.39 is 0 Å². The lowest BCUT2D eigenvalue weighted by molar-refractivity contribution is 0.102. The predicted molar refractivity (Wildman–Crippen MR) is 102 cm³/mol. The van der Waals surface area contributed by atoms with E-state index in [1.54, 1.807) is 35.2 Å². The van der Waals surface area contributed by atoms with Gasteiger partial charge in [0.2, 0.25) is 0 Å². The molecule has 0 unspecified atom stereocenters. The second kappa shape index (κ2) is 7.96. The van der Waals surface area contributed by atoms with Gasteiger partial charge in [-0.05, 0) is 57.7 Å². The molecule has 1 heterocycles.